The fourth-order valence-electron chi connectivity index (χ4n) is 3.26. The number of halogens is 3. The lowest BCUT2D eigenvalue weighted by Gasteiger charge is -2.14. The van der Waals surface area contributed by atoms with Crippen molar-refractivity contribution in [3.05, 3.63) is 70.5 Å². The molecule has 0 saturated carbocycles. The number of benzene rings is 1. The van der Waals surface area contributed by atoms with Gasteiger partial charge in [0.15, 0.2) is 0 Å². The third-order valence-electron chi connectivity index (χ3n) is 4.72. The van der Waals surface area contributed by atoms with Gasteiger partial charge in [0, 0.05) is 11.1 Å². The molecule has 2 N–H and O–H groups in total. The number of rotatable bonds is 8. The number of hydrogen-bond acceptors (Lipinski definition) is 2. The van der Waals surface area contributed by atoms with Crippen LogP contribution >= 0.6 is 0 Å². The highest BCUT2D eigenvalue weighted by Gasteiger charge is 2.29. The molecule has 0 atom stereocenters. The molecule has 1 aromatic carbocycles. The molecular weight excluding hydrogens is 379 g/mol. The number of alkyl halides is 3. The topological polar surface area (TPSA) is 42.9 Å². The normalized spacial score (nSPS) is 15.8. The SMILES string of the molecule is CCOC(=O)C/C(C)=C/C(=C\[NH2+]Cc1ccc(C(F)(F)F)cc1)C1=CCCCC1. The van der Waals surface area contributed by atoms with Crippen LogP contribution in [0.25, 0.3) is 0 Å². The first-order chi connectivity index (χ1) is 13.8. The maximum Gasteiger partial charge on any atom is 0.416 e. The van der Waals surface area contributed by atoms with Crippen LogP contribution < -0.4 is 5.32 Å². The minimum atomic E-state index is -4.32. The summed E-state index contributed by atoms with van der Waals surface area (Å²) in [5.41, 5.74) is 3.41. The third kappa shape index (κ3) is 7.89. The Bertz CT molecular complexity index is 774. The zero-order chi connectivity index (χ0) is 21.3. The van der Waals surface area contributed by atoms with Crippen LogP contribution in [0.1, 0.15) is 57.1 Å². The van der Waals surface area contributed by atoms with Gasteiger partial charge in [-0.3, -0.25) is 4.79 Å². The van der Waals surface area contributed by atoms with E-state index in [1.807, 2.05) is 24.5 Å². The van der Waals surface area contributed by atoms with Crippen LogP contribution in [0, 0.1) is 0 Å². The lowest BCUT2D eigenvalue weighted by molar-refractivity contribution is -0.605. The van der Waals surface area contributed by atoms with Crippen molar-refractivity contribution in [2.45, 2.75) is 58.7 Å². The number of quaternary nitrogens is 1. The number of allylic oxidation sites excluding steroid dienone is 4. The highest BCUT2D eigenvalue weighted by atomic mass is 19.4. The van der Waals surface area contributed by atoms with E-state index in [0.717, 1.165) is 48.1 Å². The Morgan fingerprint density at radius 1 is 1.21 bits per heavy atom. The van der Waals surface area contributed by atoms with Crippen molar-refractivity contribution in [3.8, 4) is 0 Å². The Morgan fingerprint density at radius 2 is 1.93 bits per heavy atom. The van der Waals surface area contributed by atoms with Gasteiger partial charge in [0.25, 0.3) is 0 Å². The number of esters is 1. The number of ether oxygens (including phenoxy) is 1. The Morgan fingerprint density at radius 3 is 2.52 bits per heavy atom. The van der Waals surface area contributed by atoms with Gasteiger partial charge in [-0.25, -0.2) is 0 Å². The van der Waals surface area contributed by atoms with E-state index in [4.69, 9.17) is 4.74 Å². The molecule has 29 heavy (non-hydrogen) atoms. The quantitative estimate of drug-likeness (QED) is 0.483. The standard InChI is InChI=1S/C23H28F3NO2/c1-3-29-22(28)14-17(2)13-20(19-7-5-4-6-8-19)16-27-15-18-9-11-21(12-10-18)23(24,25)26/h7,9-13,16,27H,3-6,8,14-15H2,1-2H3/p+1/b17-13+,20-16+. The molecule has 0 radical (unpaired) electrons. The number of carbonyl (C=O) groups excluding carboxylic acids is 1. The predicted molar refractivity (Wildman–Crippen MR) is 107 cm³/mol. The lowest BCUT2D eigenvalue weighted by atomic mass is 9.92. The summed E-state index contributed by atoms with van der Waals surface area (Å²) in [6.07, 6.45) is 6.52. The molecule has 3 nitrogen and oxygen atoms in total. The van der Waals surface area contributed by atoms with E-state index in [2.05, 4.69) is 6.08 Å². The summed E-state index contributed by atoms with van der Waals surface area (Å²) in [6, 6.07) is 5.24. The van der Waals surface area contributed by atoms with E-state index in [9.17, 15) is 18.0 Å². The molecule has 0 unspecified atom stereocenters. The maximum atomic E-state index is 12.7. The molecule has 1 aliphatic rings. The van der Waals surface area contributed by atoms with E-state index in [0.29, 0.717) is 13.2 Å². The van der Waals surface area contributed by atoms with E-state index in [-0.39, 0.29) is 12.4 Å². The molecule has 0 spiro atoms. The van der Waals surface area contributed by atoms with Crippen LogP contribution in [-0.4, -0.2) is 12.6 Å². The van der Waals surface area contributed by atoms with E-state index < -0.39 is 11.7 Å². The van der Waals surface area contributed by atoms with Gasteiger partial charge < -0.3 is 10.1 Å². The first kappa shape index (κ1) is 22.9. The second-order valence-electron chi connectivity index (χ2n) is 7.20. The number of carbonyl (C=O) groups is 1. The summed E-state index contributed by atoms with van der Waals surface area (Å²) in [7, 11) is 0. The first-order valence-electron chi connectivity index (χ1n) is 10.0. The zero-order valence-electron chi connectivity index (χ0n) is 17.0. The predicted octanol–water partition coefficient (Wildman–Crippen LogP) is 5.05. The van der Waals surface area contributed by atoms with Gasteiger partial charge in [-0.2, -0.15) is 13.2 Å². The van der Waals surface area contributed by atoms with E-state index in [1.54, 1.807) is 6.92 Å². The van der Waals surface area contributed by atoms with Crippen molar-refractivity contribution in [2.75, 3.05) is 6.61 Å². The molecule has 0 fully saturated rings. The van der Waals surface area contributed by atoms with Gasteiger partial charge in [0.1, 0.15) is 12.7 Å². The fourth-order valence-corrected chi connectivity index (χ4v) is 3.26. The summed E-state index contributed by atoms with van der Waals surface area (Å²) in [5, 5.41) is 1.96. The van der Waals surface area contributed by atoms with Gasteiger partial charge in [0.2, 0.25) is 0 Å². The molecule has 0 amide bonds. The van der Waals surface area contributed by atoms with Crippen molar-refractivity contribution in [3.63, 3.8) is 0 Å². The van der Waals surface area contributed by atoms with Gasteiger partial charge in [-0.1, -0.05) is 23.8 Å². The molecule has 158 valence electrons. The van der Waals surface area contributed by atoms with E-state index >= 15 is 0 Å². The highest BCUT2D eigenvalue weighted by Crippen LogP contribution is 2.29. The van der Waals surface area contributed by atoms with Crippen LogP contribution in [0.3, 0.4) is 0 Å². The Labute approximate surface area is 170 Å². The van der Waals surface area contributed by atoms with Crippen molar-refractivity contribution >= 4 is 5.97 Å². The molecule has 0 aromatic heterocycles. The number of nitrogens with two attached hydrogens (primary N) is 1. The average molecular weight is 408 g/mol. The fraction of sp³-hybridized carbons (Fsp3) is 0.435. The number of hydrogen-bond donors (Lipinski definition) is 1. The summed E-state index contributed by atoms with van der Waals surface area (Å²) < 4.78 is 43.1. The second-order valence-corrected chi connectivity index (χ2v) is 7.20. The highest BCUT2D eigenvalue weighted by molar-refractivity contribution is 5.72. The molecule has 0 aliphatic heterocycles. The minimum Gasteiger partial charge on any atom is -0.466 e. The monoisotopic (exact) mass is 408 g/mol. The molecule has 0 heterocycles. The van der Waals surface area contributed by atoms with Gasteiger partial charge in [-0.15, -0.1) is 0 Å². The van der Waals surface area contributed by atoms with Gasteiger partial charge in [-0.05, 0) is 63.3 Å². The van der Waals surface area contributed by atoms with Crippen molar-refractivity contribution in [1.29, 1.82) is 0 Å². The summed E-state index contributed by atoms with van der Waals surface area (Å²) in [5.74, 6) is -0.244. The zero-order valence-corrected chi connectivity index (χ0v) is 17.0. The Balaban J connectivity index is 2.09. The lowest BCUT2D eigenvalue weighted by Crippen LogP contribution is -2.76. The Kier molecular flexibility index (Phi) is 8.70. The van der Waals surface area contributed by atoms with Crippen molar-refractivity contribution < 1.29 is 28.0 Å². The first-order valence-corrected chi connectivity index (χ1v) is 10.0. The van der Waals surface area contributed by atoms with Crippen molar-refractivity contribution in [1.82, 2.24) is 0 Å². The summed E-state index contributed by atoms with van der Waals surface area (Å²) >= 11 is 0. The summed E-state index contributed by atoms with van der Waals surface area (Å²) in [4.78, 5) is 11.7. The smallest absolute Gasteiger partial charge is 0.416 e. The third-order valence-corrected chi connectivity index (χ3v) is 4.72. The molecule has 0 saturated heterocycles. The summed E-state index contributed by atoms with van der Waals surface area (Å²) in [6.45, 7) is 4.59. The van der Waals surface area contributed by atoms with Crippen LogP contribution in [0.2, 0.25) is 0 Å². The molecule has 6 heteroatoms. The van der Waals surface area contributed by atoms with Crippen molar-refractivity contribution in [2.24, 2.45) is 0 Å². The molecule has 2 rings (SSSR count). The minimum absolute atomic E-state index is 0.244. The van der Waals surface area contributed by atoms with Crippen LogP contribution in [0.15, 0.2) is 59.3 Å². The van der Waals surface area contributed by atoms with Gasteiger partial charge >= 0.3 is 12.1 Å². The maximum absolute atomic E-state index is 12.7. The van der Waals surface area contributed by atoms with Gasteiger partial charge in [0.05, 0.1) is 18.6 Å². The molecule has 0 bridgehead atoms. The molecule has 1 aromatic rings. The largest absolute Gasteiger partial charge is 0.466 e. The molecular formula is C23H29F3NO2+. The molecule has 1 aliphatic carbocycles. The van der Waals surface area contributed by atoms with E-state index in [1.165, 1.54) is 24.1 Å². The second kappa shape index (κ2) is 11.0. The Hall–Kier alpha value is -2.34. The van der Waals surface area contributed by atoms with Crippen LogP contribution in [-0.2, 0) is 22.3 Å². The average Bonchev–Trinajstić information content (AvgIpc) is 2.67. The van der Waals surface area contributed by atoms with Crippen LogP contribution in [0.4, 0.5) is 13.2 Å². The van der Waals surface area contributed by atoms with Crippen LogP contribution in [0.5, 0.6) is 0 Å².